The van der Waals surface area contributed by atoms with Crippen molar-refractivity contribution in [1.29, 1.82) is 0 Å². The molecule has 0 spiro atoms. The minimum absolute atomic E-state index is 0.143. The van der Waals surface area contributed by atoms with Gasteiger partial charge in [-0.15, -0.1) is 0 Å². The number of likely N-dealkylation sites (tertiary alicyclic amines) is 1. The van der Waals surface area contributed by atoms with Crippen molar-refractivity contribution in [3.63, 3.8) is 0 Å². The normalized spacial score (nSPS) is 19.2. The van der Waals surface area contributed by atoms with Crippen molar-refractivity contribution in [1.82, 2.24) is 10.2 Å². The summed E-state index contributed by atoms with van der Waals surface area (Å²) in [5, 5.41) is 3.27. The average Bonchev–Trinajstić information content (AvgIpc) is 2.74. The molecule has 1 fully saturated rings. The maximum atomic E-state index is 13.7. The molecule has 19 heavy (non-hydrogen) atoms. The summed E-state index contributed by atoms with van der Waals surface area (Å²) < 4.78 is 13.7. The first-order valence-corrected chi connectivity index (χ1v) is 6.96. The zero-order valence-corrected chi connectivity index (χ0v) is 11.4. The van der Waals surface area contributed by atoms with Crippen LogP contribution in [0.15, 0.2) is 24.3 Å². The topological polar surface area (TPSA) is 32.3 Å². The molecule has 1 aliphatic rings. The van der Waals surface area contributed by atoms with Gasteiger partial charge in [0.2, 0.25) is 5.91 Å². The van der Waals surface area contributed by atoms with E-state index in [1.807, 2.05) is 11.0 Å². The molecule has 1 saturated heterocycles. The first-order valence-electron chi connectivity index (χ1n) is 6.96. The number of amides is 1. The highest BCUT2D eigenvalue weighted by molar-refractivity contribution is 5.78. The summed E-state index contributed by atoms with van der Waals surface area (Å²) in [6.45, 7) is 4.30. The molecule has 1 aromatic rings. The van der Waals surface area contributed by atoms with Crippen LogP contribution >= 0.6 is 0 Å². The van der Waals surface area contributed by atoms with Crippen LogP contribution in [0.4, 0.5) is 4.39 Å². The number of carbonyl (C=O) groups excluding carboxylic acids is 1. The van der Waals surface area contributed by atoms with Gasteiger partial charge in [0.1, 0.15) is 5.82 Å². The van der Waals surface area contributed by atoms with Gasteiger partial charge in [-0.1, -0.05) is 25.1 Å². The van der Waals surface area contributed by atoms with Crippen LogP contribution in [0.5, 0.6) is 0 Å². The number of hydrogen-bond acceptors (Lipinski definition) is 2. The Morgan fingerprint density at radius 2 is 2.21 bits per heavy atom. The predicted octanol–water partition coefficient (Wildman–Crippen LogP) is 2.32. The zero-order chi connectivity index (χ0) is 13.7. The maximum absolute atomic E-state index is 13.7. The van der Waals surface area contributed by atoms with Crippen LogP contribution in [-0.2, 0) is 11.3 Å². The monoisotopic (exact) mass is 264 g/mol. The smallest absolute Gasteiger partial charge is 0.223 e. The fourth-order valence-electron chi connectivity index (χ4n) is 2.57. The van der Waals surface area contributed by atoms with Gasteiger partial charge in [0, 0.05) is 24.6 Å². The lowest BCUT2D eigenvalue weighted by Crippen LogP contribution is -2.34. The molecule has 0 aliphatic carbocycles. The summed E-state index contributed by atoms with van der Waals surface area (Å²) in [7, 11) is 0. The highest BCUT2D eigenvalue weighted by Crippen LogP contribution is 2.24. The summed E-state index contributed by atoms with van der Waals surface area (Å²) in [5.41, 5.74) is 0.603. The van der Waals surface area contributed by atoms with Crippen LogP contribution in [0.25, 0.3) is 0 Å². The van der Waals surface area contributed by atoms with E-state index in [9.17, 15) is 9.18 Å². The molecule has 1 aromatic carbocycles. The fourth-order valence-corrected chi connectivity index (χ4v) is 2.57. The van der Waals surface area contributed by atoms with Crippen molar-refractivity contribution in [3.05, 3.63) is 35.6 Å². The molecule has 2 rings (SSSR count). The highest BCUT2D eigenvalue weighted by Gasteiger charge is 2.30. The van der Waals surface area contributed by atoms with Crippen molar-refractivity contribution >= 4 is 5.91 Å². The quantitative estimate of drug-likeness (QED) is 0.800. The largest absolute Gasteiger partial charge is 0.335 e. The SMILES string of the molecule is CCNCC[C@@H]1CCC(=O)N1Cc1ccccc1F. The lowest BCUT2D eigenvalue weighted by molar-refractivity contribution is -0.129. The Labute approximate surface area is 113 Å². The minimum atomic E-state index is -0.229. The van der Waals surface area contributed by atoms with Gasteiger partial charge in [0.15, 0.2) is 0 Å². The van der Waals surface area contributed by atoms with Gasteiger partial charge in [-0.3, -0.25) is 4.79 Å². The lowest BCUT2D eigenvalue weighted by atomic mass is 10.1. The number of carbonyl (C=O) groups is 1. The first kappa shape index (κ1) is 14.0. The number of benzene rings is 1. The number of halogens is 1. The second-order valence-electron chi connectivity index (χ2n) is 4.95. The van der Waals surface area contributed by atoms with E-state index in [-0.39, 0.29) is 17.8 Å². The third kappa shape index (κ3) is 3.53. The van der Waals surface area contributed by atoms with Gasteiger partial charge in [0.05, 0.1) is 0 Å². The van der Waals surface area contributed by atoms with Crippen LogP contribution in [0.1, 0.15) is 31.7 Å². The Morgan fingerprint density at radius 3 is 2.95 bits per heavy atom. The number of hydrogen-bond donors (Lipinski definition) is 1. The summed E-state index contributed by atoms with van der Waals surface area (Å²) in [6.07, 6.45) is 2.41. The molecular weight excluding hydrogens is 243 g/mol. The molecule has 1 aliphatic heterocycles. The van der Waals surface area contributed by atoms with Crippen LogP contribution in [0.2, 0.25) is 0 Å². The maximum Gasteiger partial charge on any atom is 0.223 e. The molecule has 104 valence electrons. The Balaban J connectivity index is 1.99. The first-order chi connectivity index (χ1) is 9.22. The van der Waals surface area contributed by atoms with E-state index in [0.717, 1.165) is 25.9 Å². The summed E-state index contributed by atoms with van der Waals surface area (Å²) in [5.74, 6) is -0.0858. The molecule has 4 heteroatoms. The Hall–Kier alpha value is -1.42. The molecule has 0 aromatic heterocycles. The van der Waals surface area contributed by atoms with E-state index in [1.165, 1.54) is 6.07 Å². The van der Waals surface area contributed by atoms with Gasteiger partial charge in [-0.05, 0) is 32.0 Å². The average molecular weight is 264 g/mol. The fraction of sp³-hybridized carbons (Fsp3) is 0.533. The van der Waals surface area contributed by atoms with Gasteiger partial charge in [-0.25, -0.2) is 4.39 Å². The molecule has 1 atom stereocenters. The van der Waals surface area contributed by atoms with Crippen LogP contribution in [-0.4, -0.2) is 29.9 Å². The summed E-state index contributed by atoms with van der Waals surface area (Å²) in [6, 6.07) is 6.93. The van der Waals surface area contributed by atoms with E-state index >= 15 is 0 Å². The molecule has 1 amide bonds. The Kier molecular flexibility index (Phi) is 4.91. The van der Waals surface area contributed by atoms with Gasteiger partial charge >= 0.3 is 0 Å². The second-order valence-corrected chi connectivity index (χ2v) is 4.95. The standard InChI is InChI=1S/C15H21FN2O/c1-2-17-10-9-13-7-8-15(19)18(13)11-12-5-3-4-6-14(12)16/h3-6,13,17H,2,7-11H2,1H3/t13-/m0/s1. The highest BCUT2D eigenvalue weighted by atomic mass is 19.1. The van der Waals surface area contributed by atoms with Gasteiger partial charge in [0.25, 0.3) is 0 Å². The van der Waals surface area contributed by atoms with Crippen LogP contribution < -0.4 is 5.32 Å². The van der Waals surface area contributed by atoms with Crippen molar-refractivity contribution in [2.24, 2.45) is 0 Å². The molecular formula is C15H21FN2O. The van der Waals surface area contributed by atoms with Crippen LogP contribution in [0.3, 0.4) is 0 Å². The zero-order valence-electron chi connectivity index (χ0n) is 11.4. The molecule has 3 nitrogen and oxygen atoms in total. The summed E-state index contributed by atoms with van der Waals surface area (Å²) >= 11 is 0. The molecule has 0 unspecified atom stereocenters. The van der Waals surface area contributed by atoms with E-state index in [4.69, 9.17) is 0 Å². The third-order valence-corrected chi connectivity index (χ3v) is 3.66. The van der Waals surface area contributed by atoms with Gasteiger partial charge < -0.3 is 10.2 Å². The predicted molar refractivity (Wildman–Crippen MR) is 73.1 cm³/mol. The lowest BCUT2D eigenvalue weighted by Gasteiger charge is -2.25. The molecule has 0 saturated carbocycles. The summed E-state index contributed by atoms with van der Waals surface area (Å²) in [4.78, 5) is 13.7. The van der Waals surface area contributed by atoms with E-state index < -0.39 is 0 Å². The minimum Gasteiger partial charge on any atom is -0.335 e. The molecule has 0 bridgehead atoms. The molecule has 0 radical (unpaired) electrons. The van der Waals surface area contributed by atoms with E-state index in [0.29, 0.717) is 18.5 Å². The number of rotatable bonds is 6. The van der Waals surface area contributed by atoms with Crippen molar-refractivity contribution < 1.29 is 9.18 Å². The van der Waals surface area contributed by atoms with Crippen LogP contribution in [0, 0.1) is 5.82 Å². The Morgan fingerprint density at radius 1 is 1.42 bits per heavy atom. The van der Waals surface area contributed by atoms with Crippen molar-refractivity contribution in [3.8, 4) is 0 Å². The number of nitrogens with zero attached hydrogens (tertiary/aromatic N) is 1. The third-order valence-electron chi connectivity index (χ3n) is 3.66. The van der Waals surface area contributed by atoms with E-state index in [2.05, 4.69) is 12.2 Å². The van der Waals surface area contributed by atoms with Crippen molar-refractivity contribution in [2.75, 3.05) is 13.1 Å². The molecule has 1 N–H and O–H groups in total. The molecule has 1 heterocycles. The van der Waals surface area contributed by atoms with Crippen molar-refractivity contribution in [2.45, 2.75) is 38.8 Å². The second kappa shape index (κ2) is 6.66. The number of nitrogens with one attached hydrogen (secondary N) is 1. The van der Waals surface area contributed by atoms with E-state index in [1.54, 1.807) is 12.1 Å². The Bertz CT molecular complexity index is 436. The van der Waals surface area contributed by atoms with Gasteiger partial charge in [-0.2, -0.15) is 0 Å².